The molecule has 0 unspecified atom stereocenters. The molecule has 1 fully saturated rings. The maximum absolute atomic E-state index is 12.7. The number of benzene rings is 1. The van der Waals surface area contributed by atoms with Gasteiger partial charge in [-0.15, -0.1) is 10.2 Å². The van der Waals surface area contributed by atoms with Crippen molar-refractivity contribution in [3.63, 3.8) is 0 Å². The Labute approximate surface area is 164 Å². The lowest BCUT2D eigenvalue weighted by atomic mass is 9.95. The fourth-order valence-corrected chi connectivity index (χ4v) is 3.53. The van der Waals surface area contributed by atoms with Gasteiger partial charge in [-0.25, -0.2) is 0 Å². The number of amides is 1. The summed E-state index contributed by atoms with van der Waals surface area (Å²) >= 11 is 0. The molecule has 4 rings (SSSR count). The first-order chi connectivity index (χ1) is 13.6. The monoisotopic (exact) mass is 376 g/mol. The maximum Gasteiger partial charge on any atom is 0.227 e. The van der Waals surface area contributed by atoms with Gasteiger partial charge < -0.3 is 14.6 Å². The molecule has 0 saturated carbocycles. The zero-order chi connectivity index (χ0) is 19.5. The minimum atomic E-state index is 0.0199. The van der Waals surface area contributed by atoms with E-state index in [0.29, 0.717) is 5.76 Å². The van der Waals surface area contributed by atoms with Crippen LogP contribution in [-0.2, 0) is 4.79 Å². The Bertz CT molecular complexity index is 943. The Balaban J connectivity index is 1.35. The second-order valence-electron chi connectivity index (χ2n) is 7.32. The zero-order valence-corrected chi connectivity index (χ0v) is 16.2. The minimum Gasteiger partial charge on any atom is -0.463 e. The highest BCUT2D eigenvalue weighted by Gasteiger charge is 2.26. The molecule has 1 N–H and O–H groups in total. The van der Waals surface area contributed by atoms with Crippen LogP contribution < -0.4 is 10.2 Å². The number of carbonyl (C=O) groups is 1. The van der Waals surface area contributed by atoms with E-state index in [1.807, 2.05) is 50.2 Å². The van der Waals surface area contributed by atoms with E-state index >= 15 is 0 Å². The highest BCUT2D eigenvalue weighted by atomic mass is 16.3. The Morgan fingerprint density at radius 3 is 2.61 bits per heavy atom. The van der Waals surface area contributed by atoms with Crippen LogP contribution in [0.5, 0.6) is 0 Å². The van der Waals surface area contributed by atoms with E-state index in [9.17, 15) is 4.79 Å². The lowest BCUT2D eigenvalue weighted by molar-refractivity contribution is -0.120. The minimum absolute atomic E-state index is 0.0199. The second kappa shape index (κ2) is 7.84. The molecule has 1 aromatic carbocycles. The first-order valence-corrected chi connectivity index (χ1v) is 9.61. The highest BCUT2D eigenvalue weighted by molar-refractivity contribution is 5.93. The lowest BCUT2D eigenvalue weighted by Crippen LogP contribution is -2.38. The zero-order valence-electron chi connectivity index (χ0n) is 16.2. The molecular weight excluding hydrogens is 352 g/mol. The number of aromatic nitrogens is 2. The summed E-state index contributed by atoms with van der Waals surface area (Å²) in [5.74, 6) is 1.67. The van der Waals surface area contributed by atoms with Crippen LogP contribution in [0.15, 0.2) is 53.1 Å². The number of piperidine rings is 1. The summed E-state index contributed by atoms with van der Waals surface area (Å²) in [5, 5.41) is 11.7. The predicted octanol–water partition coefficient (Wildman–Crippen LogP) is 4.21. The number of aryl methyl sites for hydroxylation is 2. The molecule has 1 aliphatic rings. The van der Waals surface area contributed by atoms with Crippen molar-refractivity contribution in [2.24, 2.45) is 5.92 Å². The molecule has 28 heavy (non-hydrogen) atoms. The molecule has 6 heteroatoms. The first-order valence-electron chi connectivity index (χ1n) is 9.61. The van der Waals surface area contributed by atoms with Gasteiger partial charge in [-0.2, -0.15) is 0 Å². The Morgan fingerprint density at radius 1 is 1.11 bits per heavy atom. The third-order valence-corrected chi connectivity index (χ3v) is 5.26. The van der Waals surface area contributed by atoms with Gasteiger partial charge in [-0.05, 0) is 68.1 Å². The van der Waals surface area contributed by atoms with Crippen LogP contribution in [-0.4, -0.2) is 29.2 Å². The molecule has 0 spiro atoms. The molecule has 0 aliphatic carbocycles. The summed E-state index contributed by atoms with van der Waals surface area (Å²) in [6, 6.07) is 13.7. The van der Waals surface area contributed by atoms with Crippen molar-refractivity contribution in [1.82, 2.24) is 10.2 Å². The Kier molecular flexibility index (Phi) is 5.10. The largest absolute Gasteiger partial charge is 0.463 e. The fraction of sp³-hybridized carbons (Fsp3) is 0.318. The van der Waals surface area contributed by atoms with Crippen molar-refractivity contribution >= 4 is 17.4 Å². The molecule has 1 amide bonds. The smallest absolute Gasteiger partial charge is 0.227 e. The molecule has 2 aromatic heterocycles. The molecule has 6 nitrogen and oxygen atoms in total. The van der Waals surface area contributed by atoms with Crippen molar-refractivity contribution in [2.45, 2.75) is 26.7 Å². The normalized spacial score (nSPS) is 14.9. The van der Waals surface area contributed by atoms with Gasteiger partial charge in [-0.3, -0.25) is 4.79 Å². The third-order valence-electron chi connectivity index (χ3n) is 5.26. The Morgan fingerprint density at radius 2 is 1.93 bits per heavy atom. The summed E-state index contributed by atoms with van der Waals surface area (Å²) in [4.78, 5) is 14.9. The SMILES string of the molecule is Cc1ccc(C)c(NC(=O)C2CCN(c3ccc(-c4ccco4)nn3)CC2)c1. The number of anilines is 2. The topological polar surface area (TPSA) is 71.3 Å². The number of carbonyl (C=O) groups excluding carboxylic acids is 1. The molecule has 1 aliphatic heterocycles. The number of nitrogens with zero attached hydrogens (tertiary/aromatic N) is 3. The van der Waals surface area contributed by atoms with E-state index in [4.69, 9.17) is 4.42 Å². The van der Waals surface area contributed by atoms with E-state index in [0.717, 1.165) is 54.3 Å². The number of nitrogens with one attached hydrogen (secondary N) is 1. The molecule has 3 aromatic rings. The van der Waals surface area contributed by atoms with Gasteiger partial charge in [0.2, 0.25) is 5.91 Å². The van der Waals surface area contributed by atoms with E-state index in [2.05, 4.69) is 26.5 Å². The van der Waals surface area contributed by atoms with Crippen molar-refractivity contribution in [3.8, 4) is 11.5 Å². The molecule has 0 atom stereocenters. The van der Waals surface area contributed by atoms with Gasteiger partial charge in [0.1, 0.15) is 5.69 Å². The summed E-state index contributed by atoms with van der Waals surface area (Å²) in [5.41, 5.74) is 3.86. The van der Waals surface area contributed by atoms with Crippen molar-refractivity contribution in [3.05, 3.63) is 59.9 Å². The van der Waals surface area contributed by atoms with Gasteiger partial charge in [0.25, 0.3) is 0 Å². The molecule has 144 valence electrons. The van der Waals surface area contributed by atoms with E-state index < -0.39 is 0 Å². The van der Waals surface area contributed by atoms with Gasteiger partial charge in [0, 0.05) is 24.7 Å². The summed E-state index contributed by atoms with van der Waals surface area (Å²) in [6.45, 7) is 5.63. The predicted molar refractivity (Wildman–Crippen MR) is 109 cm³/mol. The van der Waals surface area contributed by atoms with Crippen LogP contribution in [0, 0.1) is 19.8 Å². The lowest BCUT2D eigenvalue weighted by Gasteiger charge is -2.32. The maximum atomic E-state index is 12.7. The molecule has 3 heterocycles. The number of hydrogen-bond donors (Lipinski definition) is 1. The average molecular weight is 376 g/mol. The van der Waals surface area contributed by atoms with E-state index in [1.54, 1.807) is 6.26 Å². The van der Waals surface area contributed by atoms with Gasteiger partial charge >= 0.3 is 0 Å². The van der Waals surface area contributed by atoms with Crippen LogP contribution >= 0.6 is 0 Å². The van der Waals surface area contributed by atoms with Crippen molar-refractivity contribution in [1.29, 1.82) is 0 Å². The molecular formula is C22H24N4O2. The molecule has 0 radical (unpaired) electrons. The molecule has 0 bridgehead atoms. The fourth-order valence-electron chi connectivity index (χ4n) is 3.53. The highest BCUT2D eigenvalue weighted by Crippen LogP contribution is 2.25. The van der Waals surface area contributed by atoms with Crippen LogP contribution in [0.2, 0.25) is 0 Å². The number of hydrogen-bond acceptors (Lipinski definition) is 5. The third kappa shape index (κ3) is 3.91. The van der Waals surface area contributed by atoms with Crippen LogP contribution in [0.3, 0.4) is 0 Å². The summed E-state index contributed by atoms with van der Waals surface area (Å²) < 4.78 is 5.35. The average Bonchev–Trinajstić information content (AvgIpc) is 3.26. The van der Waals surface area contributed by atoms with Gasteiger partial charge in [0.05, 0.1) is 6.26 Å². The van der Waals surface area contributed by atoms with Crippen LogP contribution in [0.25, 0.3) is 11.5 Å². The molecule has 1 saturated heterocycles. The summed E-state index contributed by atoms with van der Waals surface area (Å²) in [6.07, 6.45) is 3.23. The van der Waals surface area contributed by atoms with E-state index in [1.165, 1.54) is 0 Å². The van der Waals surface area contributed by atoms with Crippen LogP contribution in [0.1, 0.15) is 24.0 Å². The summed E-state index contributed by atoms with van der Waals surface area (Å²) in [7, 11) is 0. The number of furan rings is 1. The Hall–Kier alpha value is -3.15. The number of rotatable bonds is 4. The standard InChI is InChI=1S/C22H24N4O2/c1-15-5-6-16(2)19(14-15)23-22(27)17-9-11-26(12-10-17)21-8-7-18(24-25-21)20-4-3-13-28-20/h3-8,13-14,17H,9-12H2,1-2H3,(H,23,27). The quantitative estimate of drug-likeness (QED) is 0.739. The first kappa shape index (κ1) is 18.2. The van der Waals surface area contributed by atoms with Gasteiger partial charge in [-0.1, -0.05) is 12.1 Å². The van der Waals surface area contributed by atoms with Gasteiger partial charge in [0.15, 0.2) is 11.6 Å². The van der Waals surface area contributed by atoms with E-state index in [-0.39, 0.29) is 11.8 Å². The second-order valence-corrected chi connectivity index (χ2v) is 7.32. The van der Waals surface area contributed by atoms with Crippen LogP contribution in [0.4, 0.5) is 11.5 Å². The van der Waals surface area contributed by atoms with Crippen molar-refractivity contribution in [2.75, 3.05) is 23.3 Å². The van der Waals surface area contributed by atoms with Crippen molar-refractivity contribution < 1.29 is 9.21 Å².